The number of anilines is 1. The lowest BCUT2D eigenvalue weighted by molar-refractivity contribution is 0.252. The molecule has 0 aliphatic carbocycles. The molecule has 2 N–H and O–H groups in total. The molecule has 2 aromatic rings. The molecule has 136 valence electrons. The Morgan fingerprint density at radius 2 is 2.00 bits per heavy atom. The Hall–Kier alpha value is -1.73. The zero-order valence-corrected chi connectivity index (χ0v) is 16.3. The first-order valence-corrected chi connectivity index (χ1v) is 9.86. The van der Waals surface area contributed by atoms with E-state index in [9.17, 15) is 4.79 Å². The molecular weight excluding hydrogens is 358 g/mol. The third kappa shape index (κ3) is 6.25. The second kappa shape index (κ2) is 9.68. The largest absolute Gasteiger partial charge is 0.338 e. The number of nitrogens with zero attached hydrogens (tertiary/aromatic N) is 3. The van der Waals surface area contributed by atoms with Gasteiger partial charge in [-0.25, -0.2) is 4.79 Å². The summed E-state index contributed by atoms with van der Waals surface area (Å²) in [6.07, 6.45) is 3.59. The van der Waals surface area contributed by atoms with E-state index in [2.05, 4.69) is 39.2 Å². The van der Waals surface area contributed by atoms with E-state index in [0.29, 0.717) is 23.2 Å². The monoisotopic (exact) mass is 381 g/mol. The highest BCUT2D eigenvalue weighted by molar-refractivity contribution is 7.98. The Morgan fingerprint density at radius 3 is 2.64 bits per heavy atom. The number of aromatic nitrogens is 3. The number of urea groups is 1. The van der Waals surface area contributed by atoms with Gasteiger partial charge in [0.1, 0.15) is 5.82 Å². The molecule has 2 amide bonds. The molecule has 1 aromatic carbocycles. The molecular formula is C17H24ClN5OS. The summed E-state index contributed by atoms with van der Waals surface area (Å²) in [5.74, 6) is 1.50. The van der Waals surface area contributed by atoms with Gasteiger partial charge < -0.3 is 15.2 Å². The van der Waals surface area contributed by atoms with Crippen LogP contribution in [0.5, 0.6) is 0 Å². The quantitative estimate of drug-likeness (QED) is 0.534. The summed E-state index contributed by atoms with van der Waals surface area (Å²) in [5, 5.41) is 15.7. The average Bonchev–Trinajstić information content (AvgIpc) is 2.95. The number of rotatable bonds is 8. The summed E-state index contributed by atoms with van der Waals surface area (Å²) in [5.41, 5.74) is 0.711. The van der Waals surface area contributed by atoms with E-state index in [4.69, 9.17) is 11.6 Å². The van der Waals surface area contributed by atoms with Crippen molar-refractivity contribution < 1.29 is 4.79 Å². The van der Waals surface area contributed by atoms with Crippen LogP contribution in [0, 0.1) is 5.92 Å². The number of thioether (sulfide) groups is 1. The Bertz CT molecular complexity index is 687. The van der Waals surface area contributed by atoms with Gasteiger partial charge >= 0.3 is 6.03 Å². The van der Waals surface area contributed by atoms with Crippen molar-refractivity contribution in [2.75, 3.05) is 18.1 Å². The molecule has 0 unspecified atom stereocenters. The van der Waals surface area contributed by atoms with E-state index >= 15 is 0 Å². The summed E-state index contributed by atoms with van der Waals surface area (Å²) in [6, 6.07) is 6.78. The van der Waals surface area contributed by atoms with Gasteiger partial charge in [-0.15, -0.1) is 10.2 Å². The van der Waals surface area contributed by atoms with Gasteiger partial charge in [-0.05, 0) is 42.9 Å². The molecule has 0 atom stereocenters. The van der Waals surface area contributed by atoms with Crippen LogP contribution >= 0.6 is 23.4 Å². The van der Waals surface area contributed by atoms with Crippen molar-refractivity contribution in [3.8, 4) is 0 Å². The molecule has 0 saturated carbocycles. The summed E-state index contributed by atoms with van der Waals surface area (Å²) >= 11 is 7.43. The van der Waals surface area contributed by atoms with Crippen LogP contribution in [0.15, 0.2) is 29.4 Å². The van der Waals surface area contributed by atoms with Crippen LogP contribution < -0.4 is 10.6 Å². The number of aryl methyl sites for hydroxylation is 1. The lowest BCUT2D eigenvalue weighted by atomic mass is 10.2. The number of carbonyl (C=O) groups is 1. The Labute approximate surface area is 157 Å². The minimum Gasteiger partial charge on any atom is -0.338 e. The number of hydrogen-bond donors (Lipinski definition) is 2. The van der Waals surface area contributed by atoms with Crippen molar-refractivity contribution in [2.45, 2.75) is 38.4 Å². The van der Waals surface area contributed by atoms with Crippen molar-refractivity contribution in [2.24, 2.45) is 5.92 Å². The van der Waals surface area contributed by atoms with Crippen molar-refractivity contribution in [1.82, 2.24) is 20.1 Å². The molecule has 0 spiro atoms. The highest BCUT2D eigenvalue weighted by atomic mass is 35.5. The highest BCUT2D eigenvalue weighted by Crippen LogP contribution is 2.17. The molecule has 0 radical (unpaired) electrons. The van der Waals surface area contributed by atoms with E-state index in [1.807, 2.05) is 6.26 Å². The zero-order chi connectivity index (χ0) is 18.2. The predicted molar refractivity (Wildman–Crippen MR) is 103 cm³/mol. The summed E-state index contributed by atoms with van der Waals surface area (Å²) in [4.78, 5) is 11.9. The molecule has 2 rings (SSSR count). The fraction of sp³-hybridized carbons (Fsp3) is 0.471. The normalized spacial score (nSPS) is 10.9. The van der Waals surface area contributed by atoms with Crippen LogP contribution in [-0.2, 0) is 13.0 Å². The minimum atomic E-state index is -0.226. The van der Waals surface area contributed by atoms with Crippen LogP contribution in [-0.4, -0.2) is 33.6 Å². The second-order valence-corrected chi connectivity index (χ2v) is 7.31. The lowest BCUT2D eigenvalue weighted by Gasteiger charge is -2.12. The summed E-state index contributed by atoms with van der Waals surface area (Å²) in [7, 11) is 0. The molecule has 0 bridgehead atoms. The number of halogens is 1. The third-order valence-corrected chi connectivity index (χ3v) is 4.41. The first kappa shape index (κ1) is 19.6. The predicted octanol–water partition coefficient (Wildman–Crippen LogP) is 4.06. The van der Waals surface area contributed by atoms with Crippen LogP contribution in [0.25, 0.3) is 0 Å². The number of nitrogens with one attached hydrogen (secondary N) is 2. The van der Waals surface area contributed by atoms with Gasteiger partial charge in [0.2, 0.25) is 0 Å². The molecule has 0 aliphatic rings. The van der Waals surface area contributed by atoms with E-state index in [-0.39, 0.29) is 6.03 Å². The van der Waals surface area contributed by atoms with Gasteiger partial charge in [0.15, 0.2) is 5.16 Å². The van der Waals surface area contributed by atoms with E-state index < -0.39 is 0 Å². The van der Waals surface area contributed by atoms with Gasteiger partial charge in [0.05, 0.1) is 0 Å². The van der Waals surface area contributed by atoms with Crippen LogP contribution in [0.1, 0.15) is 26.1 Å². The number of hydrogen-bond acceptors (Lipinski definition) is 4. The SMILES string of the molecule is CSc1nnc(CCCNC(=O)Nc2ccc(Cl)cc2)n1CC(C)C. The third-order valence-electron chi connectivity index (χ3n) is 3.49. The van der Waals surface area contributed by atoms with Crippen molar-refractivity contribution in [1.29, 1.82) is 0 Å². The van der Waals surface area contributed by atoms with Gasteiger partial charge in [-0.3, -0.25) is 0 Å². The van der Waals surface area contributed by atoms with Crippen molar-refractivity contribution in [3.63, 3.8) is 0 Å². The Kier molecular flexibility index (Phi) is 7.58. The van der Waals surface area contributed by atoms with Crippen molar-refractivity contribution >= 4 is 35.1 Å². The fourth-order valence-electron chi connectivity index (χ4n) is 2.36. The van der Waals surface area contributed by atoms with Crippen LogP contribution in [0.3, 0.4) is 0 Å². The molecule has 0 saturated heterocycles. The zero-order valence-electron chi connectivity index (χ0n) is 14.8. The molecule has 8 heteroatoms. The van der Waals surface area contributed by atoms with Gasteiger partial charge in [0, 0.05) is 30.2 Å². The Morgan fingerprint density at radius 1 is 1.28 bits per heavy atom. The maximum absolute atomic E-state index is 11.9. The first-order valence-electron chi connectivity index (χ1n) is 8.26. The topological polar surface area (TPSA) is 71.8 Å². The maximum Gasteiger partial charge on any atom is 0.319 e. The fourth-order valence-corrected chi connectivity index (χ4v) is 3.01. The van der Waals surface area contributed by atoms with Crippen LogP contribution in [0.2, 0.25) is 5.02 Å². The Balaban J connectivity index is 1.78. The highest BCUT2D eigenvalue weighted by Gasteiger charge is 2.12. The van der Waals surface area contributed by atoms with Gasteiger partial charge in [-0.2, -0.15) is 0 Å². The van der Waals surface area contributed by atoms with E-state index in [0.717, 1.165) is 30.4 Å². The summed E-state index contributed by atoms with van der Waals surface area (Å²) < 4.78 is 2.17. The molecule has 1 aromatic heterocycles. The molecule has 1 heterocycles. The lowest BCUT2D eigenvalue weighted by Crippen LogP contribution is -2.29. The molecule has 6 nitrogen and oxygen atoms in total. The summed E-state index contributed by atoms with van der Waals surface area (Å²) in [6.45, 7) is 5.83. The molecule has 0 aliphatic heterocycles. The van der Waals surface area contributed by atoms with E-state index in [1.54, 1.807) is 36.0 Å². The maximum atomic E-state index is 11.9. The van der Waals surface area contributed by atoms with E-state index in [1.165, 1.54) is 0 Å². The standard InChI is InChI=1S/C17H24ClN5OS/c1-12(2)11-23-15(21-22-17(23)25-3)5-4-10-19-16(24)20-14-8-6-13(18)7-9-14/h6-9,12H,4-5,10-11H2,1-3H3,(H2,19,20,24). The van der Waals surface area contributed by atoms with Crippen molar-refractivity contribution in [3.05, 3.63) is 35.1 Å². The second-order valence-electron chi connectivity index (χ2n) is 6.10. The van der Waals surface area contributed by atoms with Crippen LogP contribution in [0.4, 0.5) is 10.5 Å². The number of benzene rings is 1. The minimum absolute atomic E-state index is 0.226. The first-order chi connectivity index (χ1) is 12.0. The average molecular weight is 382 g/mol. The molecule has 0 fully saturated rings. The smallest absolute Gasteiger partial charge is 0.319 e. The molecule has 25 heavy (non-hydrogen) atoms. The van der Waals surface area contributed by atoms with Gasteiger partial charge in [-0.1, -0.05) is 37.2 Å². The number of amides is 2. The number of carbonyl (C=O) groups excluding carboxylic acids is 1. The van der Waals surface area contributed by atoms with Gasteiger partial charge in [0.25, 0.3) is 0 Å².